The minimum absolute atomic E-state index is 0.0677. The van der Waals surface area contributed by atoms with Crippen molar-refractivity contribution in [1.82, 2.24) is 9.80 Å². The molecule has 5 rings (SSSR count). The molecule has 3 aliphatic rings. The first kappa shape index (κ1) is 21.2. The summed E-state index contributed by atoms with van der Waals surface area (Å²) in [7, 11) is 0. The Kier molecular flexibility index (Phi) is 5.78. The van der Waals surface area contributed by atoms with E-state index in [1.165, 1.54) is 5.56 Å². The molecule has 2 saturated heterocycles. The fourth-order valence-electron chi connectivity index (χ4n) is 5.43. The molecule has 168 valence electrons. The monoisotopic (exact) mass is 454 g/mol. The highest BCUT2D eigenvalue weighted by Crippen LogP contribution is 2.39. The first-order valence-corrected chi connectivity index (χ1v) is 11.7. The largest absolute Gasteiger partial charge is 0.365 e. The SMILES string of the molecule is O=C(C1Cc2cc([N+](=O)[O-])ccc2N2CCN(Cc3ccc(Cl)cc3)CC12)N1CCCC1. The van der Waals surface area contributed by atoms with Crippen LogP contribution in [0.25, 0.3) is 0 Å². The van der Waals surface area contributed by atoms with Gasteiger partial charge in [-0.25, -0.2) is 0 Å². The lowest BCUT2D eigenvalue weighted by molar-refractivity contribution is -0.384. The zero-order valence-corrected chi connectivity index (χ0v) is 18.7. The number of fused-ring (bicyclic) bond motifs is 3. The van der Waals surface area contributed by atoms with Gasteiger partial charge in [0.25, 0.3) is 5.69 Å². The van der Waals surface area contributed by atoms with Gasteiger partial charge in [0.2, 0.25) is 5.91 Å². The summed E-state index contributed by atoms with van der Waals surface area (Å²) >= 11 is 6.04. The molecule has 0 N–H and O–H groups in total. The van der Waals surface area contributed by atoms with Crippen LogP contribution < -0.4 is 4.90 Å². The van der Waals surface area contributed by atoms with Gasteiger partial charge in [0.05, 0.1) is 16.9 Å². The number of anilines is 1. The lowest BCUT2D eigenvalue weighted by Crippen LogP contribution is -2.61. The van der Waals surface area contributed by atoms with Crippen molar-refractivity contribution in [2.45, 2.75) is 31.8 Å². The molecule has 8 heteroatoms. The van der Waals surface area contributed by atoms with Crippen molar-refractivity contribution in [1.29, 1.82) is 0 Å². The molecule has 3 heterocycles. The molecule has 2 unspecified atom stereocenters. The highest BCUT2D eigenvalue weighted by molar-refractivity contribution is 6.30. The van der Waals surface area contributed by atoms with Crippen LogP contribution in [0.2, 0.25) is 5.02 Å². The van der Waals surface area contributed by atoms with E-state index in [1.807, 2.05) is 23.1 Å². The summed E-state index contributed by atoms with van der Waals surface area (Å²) in [5, 5.41) is 12.1. The molecule has 0 radical (unpaired) electrons. The van der Waals surface area contributed by atoms with Crippen LogP contribution in [0.1, 0.15) is 24.0 Å². The van der Waals surface area contributed by atoms with Gasteiger partial charge in [-0.1, -0.05) is 23.7 Å². The number of rotatable bonds is 4. The Morgan fingerprint density at radius 1 is 1.06 bits per heavy atom. The Bertz CT molecular complexity index is 1020. The highest BCUT2D eigenvalue weighted by Gasteiger charge is 2.43. The number of hydrogen-bond donors (Lipinski definition) is 0. The summed E-state index contributed by atoms with van der Waals surface area (Å²) in [5.74, 6) is 0.0126. The number of likely N-dealkylation sites (tertiary alicyclic amines) is 1. The van der Waals surface area contributed by atoms with Gasteiger partial charge in [-0.3, -0.25) is 19.8 Å². The number of carbonyl (C=O) groups is 1. The van der Waals surface area contributed by atoms with Crippen molar-refractivity contribution in [3.63, 3.8) is 0 Å². The number of nitro groups is 1. The zero-order chi connectivity index (χ0) is 22.2. The number of benzene rings is 2. The second-order valence-corrected chi connectivity index (χ2v) is 9.47. The Morgan fingerprint density at radius 2 is 1.81 bits per heavy atom. The molecular formula is C24H27ClN4O3. The highest BCUT2D eigenvalue weighted by atomic mass is 35.5. The zero-order valence-electron chi connectivity index (χ0n) is 18.0. The molecular weight excluding hydrogens is 428 g/mol. The van der Waals surface area contributed by atoms with E-state index in [2.05, 4.69) is 21.9 Å². The van der Waals surface area contributed by atoms with Crippen molar-refractivity contribution >= 4 is 28.9 Å². The third-order valence-corrected chi connectivity index (χ3v) is 7.30. The summed E-state index contributed by atoms with van der Waals surface area (Å²) < 4.78 is 0. The predicted molar refractivity (Wildman–Crippen MR) is 124 cm³/mol. The van der Waals surface area contributed by atoms with Crippen LogP contribution in [0, 0.1) is 16.0 Å². The molecule has 1 amide bonds. The summed E-state index contributed by atoms with van der Waals surface area (Å²) in [6.07, 6.45) is 2.66. The number of piperazine rings is 1. The van der Waals surface area contributed by atoms with E-state index < -0.39 is 0 Å². The fraction of sp³-hybridized carbons (Fsp3) is 0.458. The van der Waals surface area contributed by atoms with Gasteiger partial charge < -0.3 is 9.80 Å². The summed E-state index contributed by atoms with van der Waals surface area (Å²) in [6, 6.07) is 13.1. The molecule has 2 aromatic carbocycles. The van der Waals surface area contributed by atoms with Gasteiger partial charge in [0, 0.05) is 62.1 Å². The van der Waals surface area contributed by atoms with Crippen LogP contribution in [-0.4, -0.2) is 59.4 Å². The number of hydrogen-bond acceptors (Lipinski definition) is 5. The first-order valence-electron chi connectivity index (χ1n) is 11.3. The second kappa shape index (κ2) is 8.71. The van der Waals surface area contributed by atoms with Crippen LogP contribution >= 0.6 is 11.6 Å². The fourth-order valence-corrected chi connectivity index (χ4v) is 5.56. The molecule has 0 aliphatic carbocycles. The Morgan fingerprint density at radius 3 is 2.53 bits per heavy atom. The number of nitrogens with zero attached hydrogens (tertiary/aromatic N) is 4. The van der Waals surface area contributed by atoms with Crippen LogP contribution in [0.3, 0.4) is 0 Å². The molecule has 0 spiro atoms. The Hall–Kier alpha value is -2.64. The van der Waals surface area contributed by atoms with E-state index in [0.29, 0.717) is 6.42 Å². The summed E-state index contributed by atoms with van der Waals surface area (Å²) in [4.78, 5) is 31.2. The number of amides is 1. The average Bonchev–Trinajstić information content (AvgIpc) is 3.34. The normalized spacial score (nSPS) is 23.0. The number of carbonyl (C=O) groups excluding carboxylic acids is 1. The lowest BCUT2D eigenvalue weighted by Gasteiger charge is -2.49. The van der Waals surface area contributed by atoms with E-state index in [0.717, 1.165) is 68.4 Å². The van der Waals surface area contributed by atoms with E-state index in [1.54, 1.807) is 12.1 Å². The molecule has 0 saturated carbocycles. The number of non-ortho nitro benzene ring substituents is 1. The van der Waals surface area contributed by atoms with Crippen molar-refractivity contribution in [3.8, 4) is 0 Å². The van der Waals surface area contributed by atoms with Gasteiger partial charge in [-0.15, -0.1) is 0 Å². The van der Waals surface area contributed by atoms with Crippen LogP contribution in [0.5, 0.6) is 0 Å². The molecule has 0 aromatic heterocycles. The van der Waals surface area contributed by atoms with Crippen LogP contribution in [-0.2, 0) is 17.8 Å². The maximum absolute atomic E-state index is 13.5. The smallest absolute Gasteiger partial charge is 0.269 e. The third kappa shape index (κ3) is 4.07. The van der Waals surface area contributed by atoms with Crippen molar-refractivity contribution in [2.75, 3.05) is 37.6 Å². The molecule has 2 atom stereocenters. The van der Waals surface area contributed by atoms with Gasteiger partial charge in [-0.05, 0) is 48.6 Å². The predicted octanol–water partition coefficient (Wildman–Crippen LogP) is 3.73. The maximum atomic E-state index is 13.5. The second-order valence-electron chi connectivity index (χ2n) is 9.04. The average molecular weight is 455 g/mol. The minimum atomic E-state index is -0.353. The van der Waals surface area contributed by atoms with Gasteiger partial charge >= 0.3 is 0 Å². The molecule has 2 fully saturated rings. The maximum Gasteiger partial charge on any atom is 0.269 e. The van der Waals surface area contributed by atoms with Gasteiger partial charge in [0.15, 0.2) is 0 Å². The van der Waals surface area contributed by atoms with Crippen molar-refractivity contribution in [2.24, 2.45) is 5.92 Å². The molecule has 0 bridgehead atoms. The van der Waals surface area contributed by atoms with Gasteiger partial charge in [-0.2, -0.15) is 0 Å². The topological polar surface area (TPSA) is 69.9 Å². The third-order valence-electron chi connectivity index (χ3n) is 7.04. The molecule has 3 aliphatic heterocycles. The Balaban J connectivity index is 1.43. The minimum Gasteiger partial charge on any atom is -0.365 e. The van der Waals surface area contributed by atoms with Gasteiger partial charge in [0.1, 0.15) is 0 Å². The van der Waals surface area contributed by atoms with Crippen molar-refractivity contribution < 1.29 is 9.72 Å². The molecule has 32 heavy (non-hydrogen) atoms. The Labute approximate surface area is 192 Å². The van der Waals surface area contributed by atoms with E-state index in [4.69, 9.17) is 11.6 Å². The van der Waals surface area contributed by atoms with E-state index in [9.17, 15) is 14.9 Å². The molecule has 7 nitrogen and oxygen atoms in total. The lowest BCUT2D eigenvalue weighted by atomic mass is 9.82. The van der Waals surface area contributed by atoms with Crippen LogP contribution in [0.15, 0.2) is 42.5 Å². The van der Waals surface area contributed by atoms with Crippen LogP contribution in [0.4, 0.5) is 11.4 Å². The quantitative estimate of drug-likeness (QED) is 0.520. The molecule has 2 aromatic rings. The summed E-state index contributed by atoms with van der Waals surface area (Å²) in [6.45, 7) is 4.92. The van der Waals surface area contributed by atoms with E-state index >= 15 is 0 Å². The first-order chi connectivity index (χ1) is 15.5. The van der Waals surface area contributed by atoms with Crippen molar-refractivity contribution in [3.05, 3.63) is 68.7 Å². The summed E-state index contributed by atoms with van der Waals surface area (Å²) in [5.41, 5.74) is 3.25. The number of nitro benzene ring substituents is 1. The number of halogens is 1. The standard InChI is InChI=1S/C24H27ClN4O3/c25-19-5-3-17(4-6-19)15-26-11-12-28-22-8-7-20(29(31)32)13-18(22)14-21(23(28)16-26)24(30)27-9-1-2-10-27/h3-8,13,21,23H,1-2,9-12,14-16H2. The van der Waals surface area contributed by atoms with E-state index in [-0.39, 0.29) is 28.5 Å².